The van der Waals surface area contributed by atoms with E-state index in [9.17, 15) is 13.2 Å². The Morgan fingerprint density at radius 3 is 2.86 bits per heavy atom. The monoisotopic (exact) mass is 451 g/mol. The van der Waals surface area contributed by atoms with Crippen molar-refractivity contribution in [3.05, 3.63) is 40.5 Å². The van der Waals surface area contributed by atoms with Gasteiger partial charge in [-0.05, 0) is 42.5 Å². The lowest BCUT2D eigenvalue weighted by molar-refractivity contribution is -0.122. The van der Waals surface area contributed by atoms with Gasteiger partial charge in [-0.25, -0.2) is 8.42 Å². The summed E-state index contributed by atoms with van der Waals surface area (Å²) in [6.07, 6.45) is 1.29. The highest BCUT2D eigenvalue weighted by molar-refractivity contribution is 7.91. The van der Waals surface area contributed by atoms with Crippen molar-refractivity contribution in [3.8, 4) is 5.75 Å². The molecule has 1 unspecified atom stereocenters. The van der Waals surface area contributed by atoms with Gasteiger partial charge in [0.1, 0.15) is 9.96 Å². The second kappa shape index (κ2) is 8.02. The van der Waals surface area contributed by atoms with Crippen molar-refractivity contribution < 1.29 is 17.9 Å². The molecule has 154 valence electrons. The molecule has 1 fully saturated rings. The van der Waals surface area contributed by atoms with Crippen molar-refractivity contribution in [2.24, 2.45) is 18.0 Å². The second-order valence-corrected chi connectivity index (χ2v) is 11.0. The third kappa shape index (κ3) is 3.89. The summed E-state index contributed by atoms with van der Waals surface area (Å²) in [5.74, 6) is 0.0439. The van der Waals surface area contributed by atoms with E-state index in [0.717, 1.165) is 16.0 Å². The first-order valence-corrected chi connectivity index (χ1v) is 12.3. The summed E-state index contributed by atoms with van der Waals surface area (Å²) in [7, 11) is -0.0722. The molecular weight excluding hydrogens is 430 g/mol. The standard InChI is InChI=1S/C19H21N3O4S3/c1-21-15-8-7-14(26-2)11-16(15)28-19(21)20-18(23)13-5-3-9-22(12-13)29(24,25)17-6-4-10-27-17/h4,6-8,10-11,13H,3,5,9,12H2,1-2H3. The van der Waals surface area contributed by atoms with Crippen LogP contribution in [0.25, 0.3) is 10.2 Å². The molecule has 0 radical (unpaired) electrons. The number of thiophene rings is 1. The maximum atomic E-state index is 12.9. The van der Waals surface area contributed by atoms with Crippen LogP contribution in [-0.2, 0) is 21.9 Å². The molecule has 0 spiro atoms. The molecule has 3 heterocycles. The van der Waals surface area contributed by atoms with Gasteiger partial charge in [-0.1, -0.05) is 17.4 Å². The van der Waals surface area contributed by atoms with E-state index in [-0.39, 0.29) is 12.5 Å². The number of amides is 1. The van der Waals surface area contributed by atoms with Crippen molar-refractivity contribution in [1.82, 2.24) is 8.87 Å². The van der Waals surface area contributed by atoms with Crippen LogP contribution in [0.5, 0.6) is 5.75 Å². The van der Waals surface area contributed by atoms with Gasteiger partial charge in [-0.15, -0.1) is 11.3 Å². The maximum Gasteiger partial charge on any atom is 0.252 e. The van der Waals surface area contributed by atoms with Gasteiger partial charge in [0.15, 0.2) is 4.80 Å². The number of thiazole rings is 1. The number of hydrogen-bond donors (Lipinski definition) is 0. The van der Waals surface area contributed by atoms with E-state index < -0.39 is 15.9 Å². The Bertz CT molecular complexity index is 1210. The summed E-state index contributed by atoms with van der Waals surface area (Å²) in [6.45, 7) is 0.603. The smallest absolute Gasteiger partial charge is 0.252 e. The maximum absolute atomic E-state index is 12.9. The molecule has 4 rings (SSSR count). The number of ether oxygens (including phenoxy) is 1. The minimum Gasteiger partial charge on any atom is -0.497 e. The van der Waals surface area contributed by atoms with Crippen LogP contribution < -0.4 is 9.54 Å². The van der Waals surface area contributed by atoms with Crippen LogP contribution >= 0.6 is 22.7 Å². The summed E-state index contributed by atoms with van der Waals surface area (Å²) in [5.41, 5.74) is 0.966. The van der Waals surface area contributed by atoms with Crippen molar-refractivity contribution in [2.45, 2.75) is 17.1 Å². The first-order chi connectivity index (χ1) is 13.9. The Kier molecular flexibility index (Phi) is 5.60. The lowest BCUT2D eigenvalue weighted by Gasteiger charge is -2.29. The number of rotatable bonds is 4. The molecule has 1 aliphatic rings. The molecule has 3 aromatic rings. The van der Waals surface area contributed by atoms with Gasteiger partial charge >= 0.3 is 0 Å². The van der Waals surface area contributed by atoms with Crippen LogP contribution in [0, 0.1) is 5.92 Å². The van der Waals surface area contributed by atoms with Crippen LogP contribution in [0.15, 0.2) is 44.9 Å². The number of piperidine rings is 1. The number of hydrogen-bond acceptors (Lipinski definition) is 6. The highest BCUT2D eigenvalue weighted by Gasteiger charge is 2.33. The quantitative estimate of drug-likeness (QED) is 0.611. The van der Waals surface area contributed by atoms with Crippen molar-refractivity contribution in [2.75, 3.05) is 20.2 Å². The number of fused-ring (bicyclic) bond motifs is 1. The predicted octanol–water partition coefficient (Wildman–Crippen LogP) is 2.84. The van der Waals surface area contributed by atoms with E-state index in [0.29, 0.717) is 28.4 Å². The van der Waals surface area contributed by atoms with Crippen LogP contribution in [0.4, 0.5) is 0 Å². The summed E-state index contributed by atoms with van der Waals surface area (Å²) in [5, 5.41) is 1.74. The molecule has 7 nitrogen and oxygen atoms in total. The van der Waals surface area contributed by atoms with Gasteiger partial charge in [-0.2, -0.15) is 9.30 Å². The fourth-order valence-electron chi connectivity index (χ4n) is 3.43. The second-order valence-electron chi connectivity index (χ2n) is 6.86. The van der Waals surface area contributed by atoms with Crippen LogP contribution in [0.2, 0.25) is 0 Å². The van der Waals surface area contributed by atoms with Crippen LogP contribution in [0.1, 0.15) is 12.8 Å². The van der Waals surface area contributed by atoms with Crippen molar-refractivity contribution in [3.63, 3.8) is 0 Å². The molecule has 1 aliphatic heterocycles. The molecule has 0 bridgehead atoms. The number of aryl methyl sites for hydroxylation is 1. The van der Waals surface area contributed by atoms with Gasteiger partial charge in [0.2, 0.25) is 0 Å². The van der Waals surface area contributed by atoms with Crippen molar-refractivity contribution >= 4 is 48.8 Å². The molecule has 1 atom stereocenters. The van der Waals surface area contributed by atoms with Gasteiger partial charge < -0.3 is 9.30 Å². The van der Waals surface area contributed by atoms with E-state index in [2.05, 4.69) is 4.99 Å². The zero-order chi connectivity index (χ0) is 20.6. The zero-order valence-electron chi connectivity index (χ0n) is 16.1. The lowest BCUT2D eigenvalue weighted by atomic mass is 9.99. The Hall–Kier alpha value is -2.01. The molecule has 0 N–H and O–H groups in total. The number of benzene rings is 1. The third-order valence-corrected chi connectivity index (χ3v) is 9.38. The Balaban J connectivity index is 1.60. The van der Waals surface area contributed by atoms with Gasteiger partial charge in [0, 0.05) is 20.1 Å². The van der Waals surface area contributed by atoms with Gasteiger partial charge in [0.05, 0.1) is 23.2 Å². The molecule has 1 amide bonds. The number of sulfonamides is 1. The summed E-state index contributed by atoms with van der Waals surface area (Å²) in [4.78, 5) is 17.8. The number of aromatic nitrogens is 1. The highest BCUT2D eigenvalue weighted by atomic mass is 32.2. The number of nitrogens with zero attached hydrogens (tertiary/aromatic N) is 3. The predicted molar refractivity (Wildman–Crippen MR) is 114 cm³/mol. The molecule has 0 aliphatic carbocycles. The number of carbonyl (C=O) groups excluding carboxylic acids is 1. The van der Waals surface area contributed by atoms with Crippen LogP contribution in [-0.4, -0.2) is 43.4 Å². The van der Waals surface area contributed by atoms with Crippen molar-refractivity contribution in [1.29, 1.82) is 0 Å². The molecule has 10 heteroatoms. The summed E-state index contributed by atoms with van der Waals surface area (Å²) < 4.78 is 35.4. The van der Waals surface area contributed by atoms with E-state index in [1.165, 1.54) is 27.0 Å². The molecule has 29 heavy (non-hydrogen) atoms. The molecular formula is C19H21N3O4S3. The number of carbonyl (C=O) groups is 1. The minimum absolute atomic E-state index is 0.172. The van der Waals surface area contributed by atoms with Gasteiger partial charge in [0.25, 0.3) is 15.9 Å². The van der Waals surface area contributed by atoms with E-state index in [4.69, 9.17) is 4.74 Å². The average molecular weight is 452 g/mol. The fourth-order valence-corrected chi connectivity index (χ4v) is 7.15. The summed E-state index contributed by atoms with van der Waals surface area (Å²) >= 11 is 2.61. The molecule has 0 saturated carbocycles. The topological polar surface area (TPSA) is 81.0 Å². The SMILES string of the molecule is COc1ccc2c(c1)sc(=NC(=O)C1CCCN(S(=O)(=O)c3cccs3)C1)n2C. The molecule has 2 aromatic heterocycles. The fraction of sp³-hybridized carbons (Fsp3) is 0.368. The van der Waals surface area contributed by atoms with E-state index >= 15 is 0 Å². The first kappa shape index (κ1) is 20.3. The summed E-state index contributed by atoms with van der Waals surface area (Å²) in [6, 6.07) is 9.04. The van der Waals surface area contributed by atoms with E-state index in [1.807, 2.05) is 29.8 Å². The minimum atomic E-state index is -3.55. The molecule has 1 saturated heterocycles. The van der Waals surface area contributed by atoms with Crippen LogP contribution in [0.3, 0.4) is 0 Å². The Labute approximate surface area is 176 Å². The normalized spacial score (nSPS) is 19.0. The first-order valence-electron chi connectivity index (χ1n) is 9.16. The zero-order valence-corrected chi connectivity index (χ0v) is 18.5. The lowest BCUT2D eigenvalue weighted by Crippen LogP contribution is -2.42. The largest absolute Gasteiger partial charge is 0.497 e. The Morgan fingerprint density at radius 2 is 2.14 bits per heavy atom. The average Bonchev–Trinajstić information content (AvgIpc) is 3.37. The van der Waals surface area contributed by atoms with E-state index in [1.54, 1.807) is 24.6 Å². The Morgan fingerprint density at radius 1 is 1.31 bits per heavy atom. The number of methoxy groups -OCH3 is 1. The highest BCUT2D eigenvalue weighted by Crippen LogP contribution is 2.27. The third-order valence-electron chi connectivity index (χ3n) is 5.04. The van der Waals surface area contributed by atoms with Gasteiger partial charge in [-0.3, -0.25) is 4.79 Å². The molecule has 1 aromatic carbocycles.